The maximum absolute atomic E-state index is 13.3. The minimum absolute atomic E-state index is 0.195. The third-order valence-corrected chi connectivity index (χ3v) is 5.86. The second kappa shape index (κ2) is 8.57. The molecule has 0 N–H and O–H groups in total. The molecule has 0 radical (unpaired) electrons. The average molecular weight is 422 g/mol. The number of amides is 1. The molecule has 0 unspecified atom stereocenters. The maximum atomic E-state index is 13.3. The van der Waals surface area contributed by atoms with Crippen LogP contribution in [0.5, 0.6) is 0 Å². The van der Waals surface area contributed by atoms with E-state index in [4.69, 9.17) is 28.2 Å². The first kappa shape index (κ1) is 20.1. The van der Waals surface area contributed by atoms with Crippen LogP contribution in [0.15, 0.2) is 36.4 Å². The molecule has 4 nitrogen and oxygen atoms in total. The Morgan fingerprint density at radius 3 is 2.59 bits per heavy atom. The molecular weight excluding hydrogens is 401 g/mol. The number of hydrogen-bond donors (Lipinski definition) is 0. The third kappa shape index (κ3) is 4.61. The number of fused-ring (bicyclic) bond motifs is 1. The van der Waals surface area contributed by atoms with Crippen molar-refractivity contribution >= 4 is 55.8 Å². The van der Waals surface area contributed by atoms with Gasteiger partial charge in [-0.3, -0.25) is 9.69 Å². The van der Waals surface area contributed by atoms with Crippen molar-refractivity contribution in [2.75, 3.05) is 32.1 Å². The molecule has 0 bridgehead atoms. The number of carbonyl (C=O) groups is 1. The summed E-state index contributed by atoms with van der Waals surface area (Å²) in [4.78, 5) is 21.7. The lowest BCUT2D eigenvalue weighted by Crippen LogP contribution is -2.36. The maximum Gasteiger partial charge on any atom is 0.261 e. The van der Waals surface area contributed by atoms with Crippen LogP contribution in [0.4, 0.5) is 5.13 Å². The lowest BCUT2D eigenvalue weighted by Gasteiger charge is -2.22. The van der Waals surface area contributed by atoms with Gasteiger partial charge in [0, 0.05) is 18.1 Å². The van der Waals surface area contributed by atoms with Gasteiger partial charge in [0.05, 0.1) is 20.8 Å². The highest BCUT2D eigenvalue weighted by molar-refractivity contribution is 7.22. The number of benzene rings is 2. The van der Waals surface area contributed by atoms with Crippen LogP contribution >= 0.6 is 34.5 Å². The molecule has 0 fully saturated rings. The number of anilines is 1. The van der Waals surface area contributed by atoms with E-state index in [1.807, 2.05) is 25.1 Å². The lowest BCUT2D eigenvalue weighted by atomic mass is 10.2. The van der Waals surface area contributed by atoms with E-state index in [0.29, 0.717) is 33.8 Å². The van der Waals surface area contributed by atoms with Gasteiger partial charge >= 0.3 is 0 Å². The van der Waals surface area contributed by atoms with Crippen molar-refractivity contribution in [1.82, 2.24) is 9.88 Å². The van der Waals surface area contributed by atoms with Gasteiger partial charge in [-0.1, -0.05) is 47.5 Å². The smallest absolute Gasteiger partial charge is 0.261 e. The van der Waals surface area contributed by atoms with Crippen LogP contribution in [0.2, 0.25) is 10.0 Å². The Morgan fingerprint density at radius 1 is 1.11 bits per heavy atom. The fourth-order valence-corrected chi connectivity index (χ4v) is 4.11. The molecule has 0 saturated carbocycles. The molecule has 0 aliphatic heterocycles. The Hall–Kier alpha value is -1.66. The summed E-state index contributed by atoms with van der Waals surface area (Å²) < 4.78 is 1.07. The summed E-state index contributed by atoms with van der Waals surface area (Å²) in [5, 5.41) is 1.53. The first-order valence-electron chi connectivity index (χ1n) is 8.70. The minimum Gasteiger partial charge on any atom is -0.308 e. The van der Waals surface area contributed by atoms with Crippen molar-refractivity contribution < 1.29 is 4.79 Å². The van der Waals surface area contributed by atoms with Gasteiger partial charge in [-0.15, -0.1) is 0 Å². The number of hydrogen-bond acceptors (Lipinski definition) is 4. The van der Waals surface area contributed by atoms with Crippen LogP contribution in [0, 0.1) is 0 Å². The number of halogens is 2. The highest BCUT2D eigenvalue weighted by Gasteiger charge is 2.23. The monoisotopic (exact) mass is 421 g/mol. The van der Waals surface area contributed by atoms with Gasteiger partial charge in [0.15, 0.2) is 5.13 Å². The summed E-state index contributed by atoms with van der Waals surface area (Å²) in [7, 11) is 3.95. The van der Waals surface area contributed by atoms with E-state index in [9.17, 15) is 4.79 Å². The minimum atomic E-state index is -0.195. The molecule has 1 amide bonds. The number of thiazole rings is 1. The van der Waals surface area contributed by atoms with Crippen molar-refractivity contribution in [3.8, 4) is 0 Å². The molecule has 142 valence electrons. The molecule has 1 aromatic heterocycles. The van der Waals surface area contributed by atoms with Gasteiger partial charge in [-0.05, 0) is 56.4 Å². The predicted octanol–water partition coefficient (Wildman–Crippen LogP) is 5.37. The quantitative estimate of drug-likeness (QED) is 0.536. The van der Waals surface area contributed by atoms with Gasteiger partial charge in [-0.25, -0.2) is 4.98 Å². The molecule has 0 atom stereocenters. The molecule has 1 heterocycles. The summed E-state index contributed by atoms with van der Waals surface area (Å²) in [6.45, 7) is 3.34. The topological polar surface area (TPSA) is 36.4 Å². The van der Waals surface area contributed by atoms with Gasteiger partial charge in [-0.2, -0.15) is 0 Å². The van der Waals surface area contributed by atoms with Crippen molar-refractivity contribution in [1.29, 1.82) is 0 Å². The zero-order chi connectivity index (χ0) is 19.6. The van der Waals surface area contributed by atoms with Crippen LogP contribution in [0.1, 0.15) is 22.8 Å². The first-order chi connectivity index (χ1) is 12.9. The largest absolute Gasteiger partial charge is 0.308 e. The second-order valence-electron chi connectivity index (χ2n) is 6.54. The van der Waals surface area contributed by atoms with E-state index in [1.54, 1.807) is 23.1 Å². The summed E-state index contributed by atoms with van der Waals surface area (Å²) in [6, 6.07) is 11.2. The number of aryl methyl sites for hydroxylation is 1. The van der Waals surface area contributed by atoms with Gasteiger partial charge in [0.1, 0.15) is 0 Å². The van der Waals surface area contributed by atoms with E-state index in [0.717, 1.165) is 16.6 Å². The summed E-state index contributed by atoms with van der Waals surface area (Å²) in [6.07, 6.45) is 0.963. The van der Waals surface area contributed by atoms with Crippen molar-refractivity contribution in [3.63, 3.8) is 0 Å². The third-order valence-electron chi connectivity index (χ3n) is 4.26. The predicted molar refractivity (Wildman–Crippen MR) is 116 cm³/mol. The van der Waals surface area contributed by atoms with Crippen LogP contribution < -0.4 is 4.90 Å². The number of aromatic nitrogens is 1. The number of carbonyl (C=O) groups excluding carboxylic acids is 1. The van der Waals surface area contributed by atoms with Crippen LogP contribution in [-0.4, -0.2) is 43.0 Å². The molecule has 27 heavy (non-hydrogen) atoms. The Balaban J connectivity index is 2.02. The van der Waals surface area contributed by atoms with Gasteiger partial charge < -0.3 is 4.90 Å². The Bertz CT molecular complexity index is 971. The molecule has 0 aliphatic rings. The summed E-state index contributed by atoms with van der Waals surface area (Å²) >= 11 is 13.9. The lowest BCUT2D eigenvalue weighted by molar-refractivity contribution is 0.0985. The molecule has 0 spiro atoms. The SMILES string of the molecule is CCc1ccc2nc(N(CCN(C)C)C(=O)c3cc(Cl)ccc3Cl)sc2c1. The standard InChI is InChI=1S/C20H21Cl2N3OS/c1-4-13-5-8-17-18(11-13)27-20(23-17)25(10-9-24(2)3)19(26)15-12-14(21)6-7-16(15)22/h5-8,11-12H,4,9-10H2,1-3H3. The second-order valence-corrected chi connectivity index (χ2v) is 8.39. The van der Waals surface area contributed by atoms with Crippen LogP contribution in [0.25, 0.3) is 10.2 Å². The number of likely N-dealkylation sites (N-methyl/N-ethyl adjacent to an activating group) is 1. The van der Waals surface area contributed by atoms with E-state index in [1.165, 1.54) is 16.9 Å². The van der Waals surface area contributed by atoms with E-state index >= 15 is 0 Å². The van der Waals surface area contributed by atoms with Gasteiger partial charge in [0.2, 0.25) is 0 Å². The highest BCUT2D eigenvalue weighted by atomic mass is 35.5. The van der Waals surface area contributed by atoms with Crippen molar-refractivity contribution in [2.45, 2.75) is 13.3 Å². The summed E-state index contributed by atoms with van der Waals surface area (Å²) in [5.41, 5.74) is 2.53. The molecule has 7 heteroatoms. The fraction of sp³-hybridized carbons (Fsp3) is 0.300. The highest BCUT2D eigenvalue weighted by Crippen LogP contribution is 2.32. The first-order valence-corrected chi connectivity index (χ1v) is 10.3. The van der Waals surface area contributed by atoms with Crippen molar-refractivity contribution in [2.24, 2.45) is 0 Å². The molecule has 3 aromatic rings. The van der Waals surface area contributed by atoms with E-state index in [-0.39, 0.29) is 5.91 Å². The number of rotatable bonds is 6. The Kier molecular flexibility index (Phi) is 6.37. The summed E-state index contributed by atoms with van der Waals surface area (Å²) in [5.74, 6) is -0.195. The van der Waals surface area contributed by atoms with Crippen LogP contribution in [-0.2, 0) is 6.42 Å². The average Bonchev–Trinajstić information content (AvgIpc) is 3.06. The van der Waals surface area contributed by atoms with Crippen LogP contribution in [0.3, 0.4) is 0 Å². The Morgan fingerprint density at radius 2 is 1.89 bits per heavy atom. The molecule has 0 aliphatic carbocycles. The molecular formula is C20H21Cl2N3OS. The molecule has 2 aromatic carbocycles. The zero-order valence-corrected chi connectivity index (χ0v) is 17.8. The van der Waals surface area contributed by atoms with Gasteiger partial charge in [0.25, 0.3) is 5.91 Å². The van der Waals surface area contributed by atoms with Crippen molar-refractivity contribution in [3.05, 3.63) is 57.6 Å². The Labute approximate surface area is 173 Å². The van der Waals surface area contributed by atoms with E-state index in [2.05, 4.69) is 19.1 Å². The molecule has 3 rings (SSSR count). The van der Waals surface area contributed by atoms with E-state index < -0.39 is 0 Å². The fourth-order valence-electron chi connectivity index (χ4n) is 2.68. The molecule has 0 saturated heterocycles. The number of nitrogens with zero attached hydrogens (tertiary/aromatic N) is 3. The normalized spacial score (nSPS) is 11.3. The zero-order valence-electron chi connectivity index (χ0n) is 15.5.